The Hall–Kier alpha value is -2.66. The largest absolute Gasteiger partial charge is 0.339 e. The fraction of sp³-hybridized carbons (Fsp3) is 0.222. The molecule has 5 nitrogen and oxygen atoms in total. The van der Waals surface area contributed by atoms with E-state index in [4.69, 9.17) is 5.73 Å². The van der Waals surface area contributed by atoms with Crippen molar-refractivity contribution in [2.75, 3.05) is 0 Å². The highest BCUT2D eigenvalue weighted by Gasteiger charge is 2.12. The third-order valence-electron chi connectivity index (χ3n) is 4.37. The highest BCUT2D eigenvalue weighted by atomic mass is 15.2. The molecule has 0 saturated heterocycles. The van der Waals surface area contributed by atoms with Crippen molar-refractivity contribution < 1.29 is 0 Å². The van der Waals surface area contributed by atoms with Gasteiger partial charge in [0.05, 0.1) is 11.0 Å². The summed E-state index contributed by atoms with van der Waals surface area (Å²) in [6.07, 6.45) is 0. The fourth-order valence-corrected chi connectivity index (χ4v) is 3.22. The standard InChI is InChI=1S/C18H19N5/c1-12-8-17-16(6-7-18-21-20-13(2)23(17)18)22(12)11-15-5-3-4-14(9-15)10-19/h3-9H,10-11,19H2,1-2H3. The lowest BCUT2D eigenvalue weighted by Gasteiger charge is -2.10. The number of aromatic nitrogens is 4. The number of nitrogens with two attached hydrogens (primary N) is 1. The van der Waals surface area contributed by atoms with Gasteiger partial charge in [-0.25, -0.2) is 0 Å². The van der Waals surface area contributed by atoms with Crippen molar-refractivity contribution in [2.45, 2.75) is 26.9 Å². The molecule has 0 bridgehead atoms. The lowest BCUT2D eigenvalue weighted by molar-refractivity contribution is 0.802. The van der Waals surface area contributed by atoms with Gasteiger partial charge in [-0.2, -0.15) is 0 Å². The maximum absolute atomic E-state index is 5.76. The van der Waals surface area contributed by atoms with Gasteiger partial charge in [-0.3, -0.25) is 4.40 Å². The summed E-state index contributed by atoms with van der Waals surface area (Å²) >= 11 is 0. The first-order valence-corrected chi connectivity index (χ1v) is 7.76. The third kappa shape index (κ3) is 2.21. The van der Waals surface area contributed by atoms with Gasteiger partial charge >= 0.3 is 0 Å². The molecule has 0 saturated carbocycles. The maximum Gasteiger partial charge on any atom is 0.161 e. The number of nitrogens with zero attached hydrogens (tertiary/aromatic N) is 4. The zero-order valence-corrected chi connectivity index (χ0v) is 13.3. The van der Waals surface area contributed by atoms with Crippen LogP contribution in [0, 0.1) is 13.8 Å². The number of hydrogen-bond donors (Lipinski definition) is 1. The van der Waals surface area contributed by atoms with Crippen LogP contribution in [-0.4, -0.2) is 19.2 Å². The normalized spacial score (nSPS) is 11.6. The van der Waals surface area contributed by atoms with E-state index in [-0.39, 0.29) is 0 Å². The molecule has 0 fully saturated rings. The average Bonchev–Trinajstić information content (AvgIpc) is 3.09. The molecular formula is C18H19N5. The van der Waals surface area contributed by atoms with Gasteiger partial charge in [-0.15, -0.1) is 10.2 Å². The van der Waals surface area contributed by atoms with Crippen molar-refractivity contribution >= 4 is 16.7 Å². The van der Waals surface area contributed by atoms with E-state index in [1.165, 1.54) is 16.8 Å². The number of fused-ring (bicyclic) bond motifs is 3. The van der Waals surface area contributed by atoms with Crippen LogP contribution in [0.5, 0.6) is 0 Å². The Bertz CT molecular complexity index is 1010. The fourth-order valence-electron chi connectivity index (χ4n) is 3.22. The molecule has 4 aromatic rings. The Labute approximate surface area is 134 Å². The van der Waals surface area contributed by atoms with Crippen molar-refractivity contribution in [3.63, 3.8) is 0 Å². The second kappa shape index (κ2) is 5.21. The lowest BCUT2D eigenvalue weighted by atomic mass is 10.1. The van der Waals surface area contributed by atoms with Crippen LogP contribution < -0.4 is 5.73 Å². The number of benzene rings is 1. The van der Waals surface area contributed by atoms with E-state index in [1.54, 1.807) is 0 Å². The molecule has 0 unspecified atom stereocenters. The second-order valence-electron chi connectivity index (χ2n) is 5.94. The van der Waals surface area contributed by atoms with Crippen molar-refractivity contribution in [2.24, 2.45) is 5.73 Å². The van der Waals surface area contributed by atoms with Crippen LogP contribution >= 0.6 is 0 Å². The lowest BCUT2D eigenvalue weighted by Crippen LogP contribution is -2.03. The van der Waals surface area contributed by atoms with Gasteiger partial charge in [-0.1, -0.05) is 24.3 Å². The van der Waals surface area contributed by atoms with Crippen LogP contribution in [0.15, 0.2) is 42.5 Å². The summed E-state index contributed by atoms with van der Waals surface area (Å²) < 4.78 is 4.43. The molecule has 116 valence electrons. The maximum atomic E-state index is 5.76. The molecule has 23 heavy (non-hydrogen) atoms. The molecule has 0 aliphatic carbocycles. The minimum atomic E-state index is 0.569. The molecule has 0 aliphatic rings. The van der Waals surface area contributed by atoms with E-state index in [0.717, 1.165) is 29.1 Å². The first kappa shape index (κ1) is 14.0. The molecule has 5 heteroatoms. The van der Waals surface area contributed by atoms with Gasteiger partial charge in [0.25, 0.3) is 0 Å². The predicted molar refractivity (Wildman–Crippen MR) is 91.4 cm³/mol. The van der Waals surface area contributed by atoms with Gasteiger partial charge in [0.1, 0.15) is 5.82 Å². The van der Waals surface area contributed by atoms with Crippen LogP contribution in [0.2, 0.25) is 0 Å². The third-order valence-corrected chi connectivity index (χ3v) is 4.37. The van der Waals surface area contributed by atoms with Crippen LogP contribution in [0.1, 0.15) is 22.6 Å². The van der Waals surface area contributed by atoms with E-state index < -0.39 is 0 Å². The number of aryl methyl sites for hydroxylation is 2. The smallest absolute Gasteiger partial charge is 0.161 e. The molecule has 1 aromatic carbocycles. The number of pyridine rings is 1. The zero-order valence-electron chi connectivity index (χ0n) is 13.3. The molecule has 3 aromatic heterocycles. The summed E-state index contributed by atoms with van der Waals surface area (Å²) in [5.74, 6) is 0.910. The van der Waals surface area contributed by atoms with E-state index in [9.17, 15) is 0 Å². The molecule has 0 radical (unpaired) electrons. The Morgan fingerprint density at radius 1 is 0.957 bits per heavy atom. The highest BCUT2D eigenvalue weighted by molar-refractivity contribution is 5.81. The minimum absolute atomic E-state index is 0.569. The Balaban J connectivity index is 1.88. The summed E-state index contributed by atoms with van der Waals surface area (Å²) in [4.78, 5) is 0. The van der Waals surface area contributed by atoms with Gasteiger partial charge in [0, 0.05) is 18.8 Å². The summed E-state index contributed by atoms with van der Waals surface area (Å²) in [6, 6.07) is 14.8. The van der Waals surface area contributed by atoms with E-state index in [1.807, 2.05) is 13.0 Å². The van der Waals surface area contributed by atoms with Crippen molar-refractivity contribution in [1.82, 2.24) is 19.2 Å². The molecule has 0 aliphatic heterocycles. The van der Waals surface area contributed by atoms with Crippen molar-refractivity contribution in [1.29, 1.82) is 0 Å². The Morgan fingerprint density at radius 2 is 1.78 bits per heavy atom. The minimum Gasteiger partial charge on any atom is -0.339 e. The topological polar surface area (TPSA) is 61.1 Å². The van der Waals surface area contributed by atoms with Gasteiger partial charge in [-0.05, 0) is 43.2 Å². The SMILES string of the molecule is Cc1cc2c(ccc3nnc(C)n32)n1Cc1cccc(CN)c1. The quantitative estimate of drug-likeness (QED) is 0.633. The number of rotatable bonds is 3. The summed E-state index contributed by atoms with van der Waals surface area (Å²) in [7, 11) is 0. The van der Waals surface area contributed by atoms with E-state index in [0.29, 0.717) is 6.54 Å². The monoisotopic (exact) mass is 305 g/mol. The predicted octanol–water partition coefficient (Wildman–Crippen LogP) is 2.81. The average molecular weight is 305 g/mol. The molecule has 0 atom stereocenters. The van der Waals surface area contributed by atoms with Gasteiger partial charge in [0.2, 0.25) is 0 Å². The van der Waals surface area contributed by atoms with E-state index in [2.05, 4.69) is 62.5 Å². The molecular weight excluding hydrogens is 286 g/mol. The first-order chi connectivity index (χ1) is 11.2. The molecule has 4 rings (SSSR count). The molecule has 0 amide bonds. The Kier molecular flexibility index (Phi) is 3.16. The van der Waals surface area contributed by atoms with Crippen molar-refractivity contribution in [3.8, 4) is 0 Å². The summed E-state index contributed by atoms with van der Waals surface area (Å²) in [5, 5.41) is 8.39. The molecule has 2 N–H and O–H groups in total. The van der Waals surface area contributed by atoms with Gasteiger partial charge < -0.3 is 10.3 Å². The van der Waals surface area contributed by atoms with Crippen molar-refractivity contribution in [3.05, 3.63) is 65.1 Å². The summed E-state index contributed by atoms with van der Waals surface area (Å²) in [6.45, 7) is 5.52. The second-order valence-corrected chi connectivity index (χ2v) is 5.94. The van der Waals surface area contributed by atoms with Crippen LogP contribution in [0.25, 0.3) is 16.7 Å². The molecule has 0 spiro atoms. The number of hydrogen-bond acceptors (Lipinski definition) is 3. The van der Waals surface area contributed by atoms with E-state index >= 15 is 0 Å². The zero-order chi connectivity index (χ0) is 16.0. The Morgan fingerprint density at radius 3 is 2.61 bits per heavy atom. The first-order valence-electron chi connectivity index (χ1n) is 7.76. The van der Waals surface area contributed by atoms with Gasteiger partial charge in [0.15, 0.2) is 5.65 Å². The summed E-state index contributed by atoms with van der Waals surface area (Å²) in [5.41, 5.74) is 12.6. The van der Waals surface area contributed by atoms with Crippen LogP contribution in [0.4, 0.5) is 0 Å². The highest BCUT2D eigenvalue weighted by Crippen LogP contribution is 2.23. The van der Waals surface area contributed by atoms with Crippen LogP contribution in [-0.2, 0) is 13.1 Å². The molecule has 3 heterocycles. The van der Waals surface area contributed by atoms with Crippen LogP contribution in [0.3, 0.4) is 0 Å².